The van der Waals surface area contributed by atoms with Crippen molar-refractivity contribution in [2.24, 2.45) is 0 Å². The monoisotopic (exact) mass is 990 g/mol. The number of Topliss-reactive ketones (excluding diaryl/α,β-unsaturated/α-hetero) is 1. The van der Waals surface area contributed by atoms with Crippen molar-refractivity contribution >= 4 is 34.8 Å². The second-order valence-electron chi connectivity index (χ2n) is 22.7. The Balaban J connectivity index is 1.23. The Labute approximate surface area is 436 Å². The number of ketones is 1. The first-order valence-corrected chi connectivity index (χ1v) is 29.4. The van der Waals surface area contributed by atoms with E-state index in [9.17, 15) is 29.7 Å². The van der Waals surface area contributed by atoms with Gasteiger partial charge in [0.05, 0.1) is 33.3 Å². The molecule has 2 heterocycles. The standard InChI is InChI=1S/C64H96N2O6/c1-7-9-11-13-15-17-19-21-23-25-27-29-31-33-35-37-45-65-53-43-39-41-49(61(69)70)57(53)63(3,4)55(65)47-51-59(67)52(60(51)68)48-56-64(5,6)58-50(62(71)72)42-40-44-54(58)66(56)46-38-36-34-32-30-28-26-24-22-20-18-16-14-12-10-8-2/h39-44,47-48H,7-38,45-46H2,1-6H3,(H2-,67,68,69,70,71,72)/p+1. The van der Waals surface area contributed by atoms with Crippen LogP contribution in [0, 0.1) is 0 Å². The number of hydrogen-bond donors (Lipinski definition) is 3. The minimum atomic E-state index is -0.983. The molecule has 0 amide bonds. The second-order valence-corrected chi connectivity index (χ2v) is 22.7. The third-order valence-corrected chi connectivity index (χ3v) is 16.3. The molecule has 5 rings (SSSR count). The van der Waals surface area contributed by atoms with Gasteiger partial charge in [0.25, 0.3) is 0 Å². The average Bonchev–Trinajstić information content (AvgIpc) is 3.71. The van der Waals surface area contributed by atoms with E-state index in [4.69, 9.17) is 0 Å². The van der Waals surface area contributed by atoms with E-state index in [0.717, 1.165) is 72.4 Å². The van der Waals surface area contributed by atoms with Crippen molar-refractivity contribution in [3.8, 4) is 0 Å². The maximum absolute atomic E-state index is 14.3. The third kappa shape index (κ3) is 15.8. The molecule has 2 aliphatic heterocycles. The summed E-state index contributed by atoms with van der Waals surface area (Å²) in [5.74, 6) is -2.32. The Morgan fingerprint density at radius 1 is 0.528 bits per heavy atom. The maximum Gasteiger partial charge on any atom is 0.336 e. The molecule has 2 aromatic carbocycles. The lowest BCUT2D eigenvalue weighted by molar-refractivity contribution is -0.438. The van der Waals surface area contributed by atoms with E-state index in [1.807, 2.05) is 39.8 Å². The van der Waals surface area contributed by atoms with Gasteiger partial charge in [-0.1, -0.05) is 226 Å². The van der Waals surface area contributed by atoms with Gasteiger partial charge >= 0.3 is 11.9 Å². The van der Waals surface area contributed by atoms with Crippen LogP contribution in [-0.4, -0.2) is 56.4 Å². The zero-order valence-electron chi connectivity index (χ0n) is 46.1. The molecule has 0 fully saturated rings. The highest BCUT2D eigenvalue weighted by molar-refractivity contribution is 6.24. The van der Waals surface area contributed by atoms with Gasteiger partial charge in [-0.15, -0.1) is 0 Å². The van der Waals surface area contributed by atoms with Crippen LogP contribution in [-0.2, 0) is 15.6 Å². The molecule has 8 heteroatoms. The second kappa shape index (κ2) is 30.0. The molecule has 0 atom stereocenters. The van der Waals surface area contributed by atoms with Crippen LogP contribution < -0.4 is 4.90 Å². The Kier molecular flexibility index (Phi) is 24.4. The highest BCUT2D eigenvalue weighted by Crippen LogP contribution is 2.51. The van der Waals surface area contributed by atoms with Crippen LogP contribution in [0.25, 0.3) is 0 Å². The van der Waals surface area contributed by atoms with Crippen LogP contribution in [0.5, 0.6) is 0 Å². The predicted octanol–water partition coefficient (Wildman–Crippen LogP) is 18.0. The lowest BCUT2D eigenvalue weighted by Crippen LogP contribution is -2.33. The van der Waals surface area contributed by atoms with E-state index in [2.05, 4.69) is 23.3 Å². The van der Waals surface area contributed by atoms with E-state index in [1.54, 1.807) is 36.4 Å². The number of carboxylic acids is 2. The van der Waals surface area contributed by atoms with Crippen LogP contribution >= 0.6 is 0 Å². The van der Waals surface area contributed by atoms with Crippen LogP contribution in [0.4, 0.5) is 11.4 Å². The van der Waals surface area contributed by atoms with Crippen molar-refractivity contribution in [3.05, 3.63) is 93.4 Å². The van der Waals surface area contributed by atoms with Crippen LogP contribution in [0.15, 0.2) is 71.2 Å². The number of carbonyl (C=O) groups is 3. The third-order valence-electron chi connectivity index (χ3n) is 16.3. The van der Waals surface area contributed by atoms with Gasteiger partial charge in [-0.25, -0.2) is 9.59 Å². The molecule has 3 N–H and O–H groups in total. The van der Waals surface area contributed by atoms with Crippen molar-refractivity contribution in [1.29, 1.82) is 0 Å². The molecular formula is C64H97N2O6+. The maximum atomic E-state index is 14.3. The first kappa shape index (κ1) is 58.4. The minimum Gasteiger partial charge on any atom is -0.506 e. The summed E-state index contributed by atoms with van der Waals surface area (Å²) in [6.45, 7) is 14.0. The summed E-state index contributed by atoms with van der Waals surface area (Å²) in [4.78, 5) is 41.8. The average molecular weight is 990 g/mol. The summed E-state index contributed by atoms with van der Waals surface area (Å²) in [5, 5.41) is 32.5. The molecule has 72 heavy (non-hydrogen) atoms. The van der Waals surface area contributed by atoms with Crippen molar-refractivity contribution in [2.75, 3.05) is 18.0 Å². The SMILES string of the molecule is CCCCCCCCCCCCCCCCCCN1C(=CC2=C(O)C(=CC3=[N+](CCCCCCCCCCCCCCCCCC)c4cccc(C(=O)O)c4C3(C)C)C2=O)C(C)(C)c2c(C(=O)O)cccc21. The fourth-order valence-corrected chi connectivity index (χ4v) is 12.0. The number of fused-ring (bicyclic) bond motifs is 2. The smallest absolute Gasteiger partial charge is 0.336 e. The molecule has 398 valence electrons. The van der Waals surface area contributed by atoms with E-state index in [-0.39, 0.29) is 33.8 Å². The molecule has 0 bridgehead atoms. The summed E-state index contributed by atoms with van der Waals surface area (Å²) in [5.41, 5.74) is 4.20. The van der Waals surface area contributed by atoms with E-state index in [1.165, 1.54) is 167 Å². The number of carboxylic acid groups (broad SMARTS) is 2. The van der Waals surface area contributed by atoms with Crippen LogP contribution in [0.1, 0.15) is 279 Å². The van der Waals surface area contributed by atoms with Crippen molar-refractivity contribution in [3.63, 3.8) is 0 Å². The molecule has 0 unspecified atom stereocenters. The number of allylic oxidation sites excluding steroid dienone is 5. The van der Waals surface area contributed by atoms with Gasteiger partial charge in [-0.05, 0) is 51.0 Å². The number of carbonyl (C=O) groups excluding carboxylic acids is 1. The fraction of sp³-hybridized carbons (Fsp3) is 0.656. The molecule has 3 aliphatic rings. The highest BCUT2D eigenvalue weighted by atomic mass is 16.4. The summed E-state index contributed by atoms with van der Waals surface area (Å²) < 4.78 is 2.18. The molecule has 0 radical (unpaired) electrons. The lowest BCUT2D eigenvalue weighted by Gasteiger charge is -2.29. The molecular weight excluding hydrogens is 893 g/mol. The highest BCUT2D eigenvalue weighted by Gasteiger charge is 2.49. The van der Waals surface area contributed by atoms with E-state index >= 15 is 0 Å². The number of rotatable bonds is 38. The zero-order valence-corrected chi connectivity index (χ0v) is 46.1. The number of aliphatic hydroxyl groups is 1. The minimum absolute atomic E-state index is 0.0832. The van der Waals surface area contributed by atoms with Gasteiger partial charge in [-0.2, -0.15) is 4.58 Å². The van der Waals surface area contributed by atoms with Crippen molar-refractivity contribution in [2.45, 2.75) is 258 Å². The number of benzene rings is 2. The summed E-state index contributed by atoms with van der Waals surface area (Å²) in [6, 6.07) is 10.9. The number of nitrogens with zero attached hydrogens (tertiary/aromatic N) is 2. The normalized spacial score (nSPS) is 16.9. The molecule has 0 saturated carbocycles. The summed E-state index contributed by atoms with van der Waals surface area (Å²) in [6.07, 6.45) is 44.7. The zero-order chi connectivity index (χ0) is 51.9. The molecule has 8 nitrogen and oxygen atoms in total. The summed E-state index contributed by atoms with van der Waals surface area (Å²) in [7, 11) is 0. The molecule has 1 aliphatic carbocycles. The van der Waals surface area contributed by atoms with E-state index in [0.29, 0.717) is 13.1 Å². The Bertz CT molecular complexity index is 2210. The predicted molar refractivity (Wildman–Crippen MR) is 300 cm³/mol. The largest absolute Gasteiger partial charge is 0.506 e. The number of hydrogen-bond acceptors (Lipinski definition) is 5. The first-order chi connectivity index (χ1) is 34.8. The first-order valence-electron chi connectivity index (χ1n) is 29.4. The molecule has 0 saturated heterocycles. The summed E-state index contributed by atoms with van der Waals surface area (Å²) >= 11 is 0. The number of aliphatic hydroxyl groups excluding tert-OH is 1. The number of unbranched alkanes of at least 4 members (excludes halogenated alkanes) is 30. The van der Waals surface area contributed by atoms with Gasteiger partial charge in [0.15, 0.2) is 5.71 Å². The Morgan fingerprint density at radius 2 is 0.931 bits per heavy atom. The lowest BCUT2D eigenvalue weighted by atomic mass is 9.76. The quantitative estimate of drug-likeness (QED) is 0.0348. The number of aromatic carboxylic acids is 2. The molecule has 0 spiro atoms. The Morgan fingerprint density at radius 3 is 1.36 bits per heavy atom. The van der Waals surface area contributed by atoms with Gasteiger partial charge < -0.3 is 20.2 Å². The van der Waals surface area contributed by atoms with Crippen molar-refractivity contribution in [1.82, 2.24) is 0 Å². The Hall–Kier alpha value is -4.46. The van der Waals surface area contributed by atoms with E-state index < -0.39 is 22.8 Å². The molecule has 0 aromatic heterocycles. The van der Waals surface area contributed by atoms with Gasteiger partial charge in [0, 0.05) is 47.5 Å². The van der Waals surface area contributed by atoms with Crippen LogP contribution in [0.3, 0.4) is 0 Å². The topological polar surface area (TPSA) is 118 Å². The van der Waals surface area contributed by atoms with Crippen LogP contribution in [0.2, 0.25) is 0 Å². The molecule has 2 aromatic rings. The van der Waals surface area contributed by atoms with Gasteiger partial charge in [0.2, 0.25) is 11.5 Å². The van der Waals surface area contributed by atoms with Crippen molar-refractivity contribution < 1.29 is 34.3 Å². The van der Waals surface area contributed by atoms with Gasteiger partial charge in [0.1, 0.15) is 12.3 Å². The number of anilines is 1. The fourth-order valence-electron chi connectivity index (χ4n) is 12.0. The van der Waals surface area contributed by atoms with Gasteiger partial charge in [-0.3, -0.25) is 4.79 Å².